The van der Waals surface area contributed by atoms with Crippen molar-refractivity contribution in [1.29, 1.82) is 0 Å². The SMILES string of the molecule is Cn1ncc2cc(C(=O)NCc3nc4c(s3)CCCC4)cnc21. The van der Waals surface area contributed by atoms with Crippen molar-refractivity contribution in [2.75, 3.05) is 0 Å². The molecule has 3 aromatic heterocycles. The molecule has 0 fully saturated rings. The van der Waals surface area contributed by atoms with Crippen LogP contribution in [0.1, 0.15) is 38.8 Å². The Hall–Kier alpha value is -2.28. The Labute approximate surface area is 137 Å². The minimum absolute atomic E-state index is 0.128. The van der Waals surface area contributed by atoms with Crippen molar-refractivity contribution in [3.8, 4) is 0 Å². The first kappa shape index (κ1) is 14.3. The van der Waals surface area contributed by atoms with Gasteiger partial charge in [-0.05, 0) is 31.7 Å². The molecule has 0 bridgehead atoms. The number of fused-ring (bicyclic) bond motifs is 2. The molecular weight excluding hydrogens is 310 g/mol. The summed E-state index contributed by atoms with van der Waals surface area (Å²) >= 11 is 1.72. The Bertz CT molecular complexity index is 858. The fraction of sp³-hybridized carbons (Fsp3) is 0.375. The van der Waals surface area contributed by atoms with E-state index in [9.17, 15) is 4.79 Å². The smallest absolute Gasteiger partial charge is 0.253 e. The van der Waals surface area contributed by atoms with Crippen LogP contribution in [0.5, 0.6) is 0 Å². The summed E-state index contributed by atoms with van der Waals surface area (Å²) in [7, 11) is 1.83. The summed E-state index contributed by atoms with van der Waals surface area (Å²) < 4.78 is 1.69. The van der Waals surface area contributed by atoms with Crippen molar-refractivity contribution < 1.29 is 4.79 Å². The van der Waals surface area contributed by atoms with Gasteiger partial charge in [0.2, 0.25) is 0 Å². The number of hydrogen-bond acceptors (Lipinski definition) is 5. The number of hydrogen-bond donors (Lipinski definition) is 1. The first-order valence-electron chi connectivity index (χ1n) is 7.74. The number of nitrogens with one attached hydrogen (secondary N) is 1. The highest BCUT2D eigenvalue weighted by Crippen LogP contribution is 2.26. The predicted octanol–water partition coefficient (Wildman–Crippen LogP) is 2.23. The van der Waals surface area contributed by atoms with E-state index in [1.807, 2.05) is 13.1 Å². The van der Waals surface area contributed by atoms with E-state index in [-0.39, 0.29) is 5.91 Å². The molecule has 4 rings (SSSR count). The topological polar surface area (TPSA) is 72.7 Å². The molecule has 3 aromatic rings. The largest absolute Gasteiger partial charge is 0.345 e. The molecule has 0 saturated carbocycles. The lowest BCUT2D eigenvalue weighted by Crippen LogP contribution is -2.22. The number of rotatable bonds is 3. The van der Waals surface area contributed by atoms with Crippen LogP contribution in [0, 0.1) is 0 Å². The van der Waals surface area contributed by atoms with Gasteiger partial charge in [0.15, 0.2) is 5.65 Å². The molecule has 1 aliphatic carbocycles. The summed E-state index contributed by atoms with van der Waals surface area (Å²) in [6, 6.07) is 1.82. The number of amides is 1. The third-order valence-electron chi connectivity index (χ3n) is 4.12. The van der Waals surface area contributed by atoms with Gasteiger partial charge < -0.3 is 5.32 Å². The van der Waals surface area contributed by atoms with Crippen LogP contribution < -0.4 is 5.32 Å². The van der Waals surface area contributed by atoms with Crippen molar-refractivity contribution in [3.63, 3.8) is 0 Å². The van der Waals surface area contributed by atoms with Crippen LogP contribution in [-0.2, 0) is 26.4 Å². The molecule has 0 radical (unpaired) electrons. The number of nitrogens with zero attached hydrogens (tertiary/aromatic N) is 4. The molecule has 0 aromatic carbocycles. The molecule has 7 heteroatoms. The highest BCUT2D eigenvalue weighted by Gasteiger charge is 2.16. The molecule has 118 valence electrons. The molecule has 0 saturated heterocycles. The van der Waals surface area contributed by atoms with E-state index in [0.717, 1.165) is 28.9 Å². The molecule has 1 amide bonds. The summed E-state index contributed by atoms with van der Waals surface area (Å²) in [6.45, 7) is 0.474. The number of pyridine rings is 1. The zero-order chi connectivity index (χ0) is 15.8. The number of thiazole rings is 1. The maximum absolute atomic E-state index is 12.3. The summed E-state index contributed by atoms with van der Waals surface area (Å²) in [6.07, 6.45) is 7.97. The molecule has 0 unspecified atom stereocenters. The normalized spacial score (nSPS) is 14.0. The van der Waals surface area contributed by atoms with Gasteiger partial charge >= 0.3 is 0 Å². The third kappa shape index (κ3) is 2.72. The number of carbonyl (C=O) groups excluding carboxylic acids is 1. The maximum atomic E-state index is 12.3. The molecule has 0 spiro atoms. The monoisotopic (exact) mass is 327 g/mol. The van der Waals surface area contributed by atoms with Gasteiger partial charge in [0, 0.05) is 23.5 Å². The van der Waals surface area contributed by atoms with Gasteiger partial charge in [-0.1, -0.05) is 0 Å². The first-order chi connectivity index (χ1) is 11.2. The molecular formula is C16H17N5OS. The summed E-state index contributed by atoms with van der Waals surface area (Å²) in [5, 5.41) is 8.93. The fourth-order valence-electron chi connectivity index (χ4n) is 2.91. The van der Waals surface area contributed by atoms with Crippen LogP contribution in [-0.4, -0.2) is 25.7 Å². The van der Waals surface area contributed by atoms with E-state index in [1.54, 1.807) is 28.4 Å². The van der Waals surface area contributed by atoms with Crippen LogP contribution in [0.2, 0.25) is 0 Å². The Morgan fingerprint density at radius 1 is 1.35 bits per heavy atom. The van der Waals surface area contributed by atoms with Crippen LogP contribution in [0.25, 0.3) is 11.0 Å². The van der Waals surface area contributed by atoms with Crippen molar-refractivity contribution in [3.05, 3.63) is 39.6 Å². The lowest BCUT2D eigenvalue weighted by Gasteiger charge is -2.06. The zero-order valence-corrected chi connectivity index (χ0v) is 13.7. The van der Waals surface area contributed by atoms with E-state index >= 15 is 0 Å². The third-order valence-corrected chi connectivity index (χ3v) is 5.28. The Kier molecular flexibility index (Phi) is 3.57. The Morgan fingerprint density at radius 3 is 3.09 bits per heavy atom. The van der Waals surface area contributed by atoms with Crippen molar-refractivity contribution in [2.45, 2.75) is 32.2 Å². The van der Waals surface area contributed by atoms with Gasteiger partial charge in [-0.2, -0.15) is 5.10 Å². The molecule has 1 N–H and O–H groups in total. The summed E-state index contributed by atoms with van der Waals surface area (Å²) in [5.41, 5.74) is 2.55. The second kappa shape index (κ2) is 5.73. The molecule has 1 aliphatic rings. The predicted molar refractivity (Wildman–Crippen MR) is 88.4 cm³/mol. The van der Waals surface area contributed by atoms with Crippen LogP contribution >= 0.6 is 11.3 Å². The Morgan fingerprint density at radius 2 is 2.22 bits per heavy atom. The van der Waals surface area contributed by atoms with Gasteiger partial charge in [0.05, 0.1) is 24.0 Å². The standard InChI is InChI=1S/C16H17N5OS/c1-21-15-10(8-19-21)6-11(7-17-15)16(22)18-9-14-20-12-4-2-3-5-13(12)23-14/h6-8H,2-5,9H2,1H3,(H,18,22). The minimum Gasteiger partial charge on any atom is -0.345 e. The second-order valence-electron chi connectivity index (χ2n) is 5.77. The lowest BCUT2D eigenvalue weighted by molar-refractivity contribution is 0.0950. The lowest BCUT2D eigenvalue weighted by atomic mass is 10.0. The average Bonchev–Trinajstić information content (AvgIpc) is 3.15. The van der Waals surface area contributed by atoms with Gasteiger partial charge in [-0.15, -0.1) is 11.3 Å². The number of aromatic nitrogens is 4. The summed E-state index contributed by atoms with van der Waals surface area (Å²) in [4.78, 5) is 22.6. The molecule has 6 nitrogen and oxygen atoms in total. The van der Waals surface area contributed by atoms with E-state index in [2.05, 4.69) is 20.4 Å². The number of aryl methyl sites for hydroxylation is 3. The quantitative estimate of drug-likeness (QED) is 0.801. The molecule has 0 atom stereocenters. The van der Waals surface area contributed by atoms with Gasteiger partial charge in [-0.25, -0.2) is 9.97 Å². The van der Waals surface area contributed by atoms with E-state index < -0.39 is 0 Å². The second-order valence-corrected chi connectivity index (χ2v) is 6.94. The summed E-state index contributed by atoms with van der Waals surface area (Å²) in [5.74, 6) is -0.128. The van der Waals surface area contributed by atoms with Crippen LogP contribution in [0.15, 0.2) is 18.5 Å². The van der Waals surface area contributed by atoms with Gasteiger partial charge in [0.1, 0.15) is 5.01 Å². The van der Waals surface area contributed by atoms with Gasteiger partial charge in [0.25, 0.3) is 5.91 Å². The van der Waals surface area contributed by atoms with Crippen molar-refractivity contribution in [1.82, 2.24) is 25.1 Å². The highest BCUT2D eigenvalue weighted by atomic mass is 32.1. The average molecular weight is 327 g/mol. The van der Waals surface area contributed by atoms with Gasteiger partial charge in [-0.3, -0.25) is 9.48 Å². The van der Waals surface area contributed by atoms with Crippen molar-refractivity contribution in [2.24, 2.45) is 7.05 Å². The number of carbonyl (C=O) groups is 1. The maximum Gasteiger partial charge on any atom is 0.253 e. The van der Waals surface area contributed by atoms with Crippen LogP contribution in [0.4, 0.5) is 0 Å². The van der Waals surface area contributed by atoms with E-state index in [4.69, 9.17) is 0 Å². The first-order valence-corrected chi connectivity index (χ1v) is 8.56. The highest BCUT2D eigenvalue weighted by molar-refractivity contribution is 7.11. The van der Waals surface area contributed by atoms with Crippen molar-refractivity contribution >= 4 is 28.3 Å². The zero-order valence-electron chi connectivity index (χ0n) is 12.9. The fourth-order valence-corrected chi connectivity index (χ4v) is 4.00. The minimum atomic E-state index is -0.128. The van der Waals surface area contributed by atoms with E-state index in [1.165, 1.54) is 23.4 Å². The molecule has 23 heavy (non-hydrogen) atoms. The molecule has 0 aliphatic heterocycles. The van der Waals surface area contributed by atoms with Crippen LogP contribution in [0.3, 0.4) is 0 Å². The Balaban J connectivity index is 1.47. The van der Waals surface area contributed by atoms with E-state index in [0.29, 0.717) is 12.1 Å². The molecule has 3 heterocycles.